The Morgan fingerprint density at radius 3 is 2.81 bits per heavy atom. The Morgan fingerprint density at radius 1 is 1.31 bits per heavy atom. The van der Waals surface area contributed by atoms with Crippen molar-refractivity contribution in [3.63, 3.8) is 0 Å². The Hall–Kier alpha value is -1.83. The van der Waals surface area contributed by atoms with Gasteiger partial charge < -0.3 is 9.64 Å². The SMILES string of the molecule is Cc1nnsc1CN(C)CCN(C)C(=O)C1(C)OCCc2ccccc21. The van der Waals surface area contributed by atoms with Gasteiger partial charge in [-0.1, -0.05) is 28.8 Å². The predicted molar refractivity (Wildman–Crippen MR) is 102 cm³/mol. The molecule has 3 rings (SSSR count). The Morgan fingerprint density at radius 2 is 2.08 bits per heavy atom. The number of amides is 1. The first-order chi connectivity index (χ1) is 12.4. The zero-order valence-electron chi connectivity index (χ0n) is 15.9. The highest BCUT2D eigenvalue weighted by molar-refractivity contribution is 7.05. The van der Waals surface area contributed by atoms with E-state index in [4.69, 9.17) is 4.74 Å². The van der Waals surface area contributed by atoms with E-state index in [1.165, 1.54) is 17.1 Å². The molecular formula is C19H26N4O2S. The lowest BCUT2D eigenvalue weighted by atomic mass is 9.86. The molecule has 1 aliphatic rings. The van der Waals surface area contributed by atoms with Crippen molar-refractivity contribution >= 4 is 17.4 Å². The summed E-state index contributed by atoms with van der Waals surface area (Å²) in [5, 5.41) is 4.05. The van der Waals surface area contributed by atoms with Crippen LogP contribution in [0.1, 0.15) is 28.6 Å². The first-order valence-corrected chi connectivity index (χ1v) is 9.63. The molecule has 26 heavy (non-hydrogen) atoms. The summed E-state index contributed by atoms with van der Waals surface area (Å²) in [6, 6.07) is 8.08. The summed E-state index contributed by atoms with van der Waals surface area (Å²) < 4.78 is 9.94. The molecule has 1 unspecified atom stereocenters. The molecule has 0 spiro atoms. The topological polar surface area (TPSA) is 58.6 Å². The number of hydrogen-bond donors (Lipinski definition) is 0. The van der Waals surface area contributed by atoms with E-state index in [1.807, 2.05) is 46.1 Å². The van der Waals surface area contributed by atoms with E-state index in [-0.39, 0.29) is 5.91 Å². The largest absolute Gasteiger partial charge is 0.360 e. The van der Waals surface area contributed by atoms with Gasteiger partial charge in [0.2, 0.25) is 0 Å². The normalized spacial score (nSPS) is 19.4. The highest BCUT2D eigenvalue weighted by Gasteiger charge is 2.41. The van der Waals surface area contributed by atoms with Gasteiger partial charge in [0, 0.05) is 26.7 Å². The second kappa shape index (κ2) is 7.82. The average Bonchev–Trinajstić information content (AvgIpc) is 3.04. The fourth-order valence-corrected chi connectivity index (χ4v) is 4.04. The van der Waals surface area contributed by atoms with Crippen molar-refractivity contribution in [3.05, 3.63) is 46.0 Å². The van der Waals surface area contributed by atoms with Gasteiger partial charge in [0.25, 0.3) is 5.91 Å². The summed E-state index contributed by atoms with van der Waals surface area (Å²) in [7, 11) is 3.90. The van der Waals surface area contributed by atoms with E-state index in [0.29, 0.717) is 13.2 Å². The standard InChI is InChI=1S/C19H26N4O2S/c1-14-17(26-21-20-14)13-22(3)10-11-23(4)18(24)19(2)16-8-6-5-7-15(16)9-12-25-19/h5-8H,9-13H2,1-4H3. The third-order valence-corrected chi connectivity index (χ3v) is 5.83. The summed E-state index contributed by atoms with van der Waals surface area (Å²) in [5.74, 6) is 0.00804. The number of aryl methyl sites for hydroxylation is 1. The lowest BCUT2D eigenvalue weighted by molar-refractivity contribution is -0.158. The van der Waals surface area contributed by atoms with Crippen LogP contribution in [0.3, 0.4) is 0 Å². The smallest absolute Gasteiger partial charge is 0.258 e. The number of rotatable bonds is 6. The van der Waals surface area contributed by atoms with Crippen molar-refractivity contribution in [2.75, 3.05) is 33.8 Å². The van der Waals surface area contributed by atoms with Crippen LogP contribution in [-0.4, -0.2) is 59.1 Å². The van der Waals surface area contributed by atoms with E-state index in [9.17, 15) is 4.79 Å². The van der Waals surface area contributed by atoms with Gasteiger partial charge in [-0.15, -0.1) is 5.10 Å². The van der Waals surface area contributed by atoms with Gasteiger partial charge in [-0.05, 0) is 50.0 Å². The summed E-state index contributed by atoms with van der Waals surface area (Å²) >= 11 is 1.43. The minimum atomic E-state index is -0.902. The van der Waals surface area contributed by atoms with Gasteiger partial charge in [0.05, 0.1) is 17.2 Å². The zero-order valence-corrected chi connectivity index (χ0v) is 16.7. The van der Waals surface area contributed by atoms with E-state index in [1.54, 1.807) is 4.90 Å². The van der Waals surface area contributed by atoms with Crippen molar-refractivity contribution in [2.45, 2.75) is 32.4 Å². The molecule has 0 saturated heterocycles. The molecule has 0 fully saturated rings. The van der Waals surface area contributed by atoms with Gasteiger partial charge in [-0.2, -0.15) is 0 Å². The van der Waals surface area contributed by atoms with Crippen LogP contribution in [0.25, 0.3) is 0 Å². The minimum absolute atomic E-state index is 0.00804. The van der Waals surface area contributed by atoms with Crippen LogP contribution < -0.4 is 0 Å². The number of carbonyl (C=O) groups is 1. The average molecular weight is 375 g/mol. The summed E-state index contributed by atoms with van der Waals surface area (Å²) in [4.78, 5) is 18.3. The maximum absolute atomic E-state index is 13.1. The number of carbonyl (C=O) groups excluding carboxylic acids is 1. The van der Waals surface area contributed by atoms with Gasteiger partial charge in [0.1, 0.15) is 0 Å². The van der Waals surface area contributed by atoms with Crippen molar-refractivity contribution in [1.29, 1.82) is 0 Å². The molecule has 0 saturated carbocycles. The Balaban J connectivity index is 1.62. The highest BCUT2D eigenvalue weighted by atomic mass is 32.1. The summed E-state index contributed by atoms with van der Waals surface area (Å²) in [5.41, 5.74) is 2.27. The molecule has 1 aromatic heterocycles. The first-order valence-electron chi connectivity index (χ1n) is 8.86. The molecule has 1 aliphatic heterocycles. The highest BCUT2D eigenvalue weighted by Crippen LogP contribution is 2.34. The van der Waals surface area contributed by atoms with Gasteiger partial charge in [0.15, 0.2) is 5.60 Å². The lowest BCUT2D eigenvalue weighted by Crippen LogP contribution is -2.49. The maximum Gasteiger partial charge on any atom is 0.258 e. The molecule has 0 N–H and O–H groups in total. The Labute approximate surface area is 158 Å². The first kappa shape index (κ1) is 18.9. The van der Waals surface area contributed by atoms with Crippen molar-refractivity contribution in [1.82, 2.24) is 19.4 Å². The number of benzene rings is 1. The maximum atomic E-state index is 13.1. The Bertz CT molecular complexity index is 778. The van der Waals surface area contributed by atoms with Gasteiger partial charge in [-0.3, -0.25) is 9.69 Å². The second-order valence-electron chi connectivity index (χ2n) is 7.03. The number of fused-ring (bicyclic) bond motifs is 1. The van der Waals surface area contributed by atoms with E-state index >= 15 is 0 Å². The molecule has 6 nitrogen and oxygen atoms in total. The van der Waals surface area contributed by atoms with Crippen LogP contribution >= 0.6 is 11.5 Å². The van der Waals surface area contributed by atoms with Crippen LogP contribution in [0.5, 0.6) is 0 Å². The number of likely N-dealkylation sites (N-methyl/N-ethyl adjacent to an activating group) is 2. The number of hydrogen-bond acceptors (Lipinski definition) is 6. The lowest BCUT2D eigenvalue weighted by Gasteiger charge is -2.37. The molecule has 1 amide bonds. The third kappa shape index (κ3) is 3.79. The zero-order chi connectivity index (χ0) is 18.7. The van der Waals surface area contributed by atoms with Crippen molar-refractivity contribution < 1.29 is 9.53 Å². The van der Waals surface area contributed by atoms with Crippen LogP contribution in [0, 0.1) is 6.92 Å². The fourth-order valence-electron chi connectivity index (χ4n) is 3.33. The van der Waals surface area contributed by atoms with Crippen molar-refractivity contribution in [2.24, 2.45) is 0 Å². The molecule has 1 aromatic carbocycles. The molecule has 7 heteroatoms. The van der Waals surface area contributed by atoms with Crippen molar-refractivity contribution in [3.8, 4) is 0 Å². The molecule has 2 aromatic rings. The Kier molecular flexibility index (Phi) is 5.70. The van der Waals surface area contributed by atoms with Crippen LogP contribution in [0.2, 0.25) is 0 Å². The number of aromatic nitrogens is 2. The number of nitrogens with zero attached hydrogens (tertiary/aromatic N) is 4. The molecule has 140 valence electrons. The van der Waals surface area contributed by atoms with Crippen LogP contribution in [0.15, 0.2) is 24.3 Å². The fraction of sp³-hybridized carbons (Fsp3) is 0.526. The predicted octanol–water partition coefficient (Wildman–Crippen LogP) is 2.22. The second-order valence-corrected chi connectivity index (χ2v) is 7.87. The molecule has 0 aliphatic carbocycles. The minimum Gasteiger partial charge on any atom is -0.360 e. The number of ether oxygens (including phenoxy) is 1. The van der Waals surface area contributed by atoms with E-state index < -0.39 is 5.60 Å². The van der Waals surface area contributed by atoms with Gasteiger partial charge >= 0.3 is 0 Å². The molecule has 0 radical (unpaired) electrons. The quantitative estimate of drug-likeness (QED) is 0.776. The molecule has 2 heterocycles. The van der Waals surface area contributed by atoms with Crippen LogP contribution in [0.4, 0.5) is 0 Å². The summed E-state index contributed by atoms with van der Waals surface area (Å²) in [6.45, 7) is 6.65. The molecule has 0 bridgehead atoms. The van der Waals surface area contributed by atoms with E-state index in [2.05, 4.69) is 20.6 Å². The summed E-state index contributed by atoms with van der Waals surface area (Å²) in [6.07, 6.45) is 0.855. The van der Waals surface area contributed by atoms with Gasteiger partial charge in [-0.25, -0.2) is 0 Å². The van der Waals surface area contributed by atoms with Crippen LogP contribution in [-0.2, 0) is 28.1 Å². The molecular weight excluding hydrogens is 348 g/mol. The molecule has 1 atom stereocenters. The third-order valence-electron chi connectivity index (χ3n) is 5.02. The van der Waals surface area contributed by atoms with E-state index in [0.717, 1.165) is 35.6 Å². The monoisotopic (exact) mass is 374 g/mol.